The normalized spacial score (nSPS) is 20.6. The van der Waals surface area contributed by atoms with E-state index in [0.717, 1.165) is 4.88 Å². The summed E-state index contributed by atoms with van der Waals surface area (Å²) in [5.41, 5.74) is 6.71. The standard InChI is InChI=1S/C31H28F2N2O5S/c1-3-39-30(37)25-18(23-14-9-15-41-23)16-22-26(28(25)36)24(17-10-5-6-11-19(17)32)27(31(38)40-4-2)29(34)35(22)21-13-8-7-12-20(21)33/h5-15,18,24-25H,3-4,16,34H2,1-2H3/t18-,24+,25+/m1/s1. The number of rotatable bonds is 7. The Labute approximate surface area is 239 Å². The van der Waals surface area contributed by atoms with E-state index in [1.54, 1.807) is 32.0 Å². The largest absolute Gasteiger partial charge is 0.465 e. The minimum absolute atomic E-state index is 0.00130. The number of Topliss-reactive ketones (excluding diaryl/α,β-unsaturated/α-hetero) is 1. The molecule has 2 N–H and O–H groups in total. The van der Waals surface area contributed by atoms with Gasteiger partial charge in [-0.1, -0.05) is 36.4 Å². The minimum Gasteiger partial charge on any atom is -0.465 e. The Kier molecular flexibility index (Phi) is 8.03. The van der Waals surface area contributed by atoms with Crippen molar-refractivity contribution in [2.45, 2.75) is 32.1 Å². The average molecular weight is 579 g/mol. The van der Waals surface area contributed by atoms with Crippen LogP contribution in [0.2, 0.25) is 0 Å². The molecular weight excluding hydrogens is 550 g/mol. The van der Waals surface area contributed by atoms with Gasteiger partial charge in [-0.3, -0.25) is 14.5 Å². The van der Waals surface area contributed by atoms with Crippen molar-refractivity contribution in [1.82, 2.24) is 0 Å². The lowest BCUT2D eigenvalue weighted by Gasteiger charge is -2.43. The SMILES string of the molecule is CCOC(=O)C1=C(N)N(c2ccccc2F)C2=C(C(=O)[C@@H](C(=O)OCC)[C@@H](c3cccs3)C2)[C@@H]1c1ccccc1F. The summed E-state index contributed by atoms with van der Waals surface area (Å²) in [7, 11) is 0. The van der Waals surface area contributed by atoms with Crippen molar-refractivity contribution in [3.63, 3.8) is 0 Å². The predicted octanol–water partition coefficient (Wildman–Crippen LogP) is 5.55. The number of carbonyl (C=O) groups excluding carboxylic acids is 3. The molecule has 5 rings (SSSR count). The topological polar surface area (TPSA) is 98.9 Å². The highest BCUT2D eigenvalue weighted by molar-refractivity contribution is 7.10. The molecule has 0 amide bonds. The van der Waals surface area contributed by atoms with Gasteiger partial charge in [0.25, 0.3) is 0 Å². The van der Waals surface area contributed by atoms with Gasteiger partial charge in [0.15, 0.2) is 5.78 Å². The molecule has 2 heterocycles. The van der Waals surface area contributed by atoms with Crippen LogP contribution in [0.15, 0.2) is 88.7 Å². The third-order valence-electron chi connectivity index (χ3n) is 7.29. The van der Waals surface area contributed by atoms with Crippen LogP contribution in [0.3, 0.4) is 0 Å². The van der Waals surface area contributed by atoms with Gasteiger partial charge in [-0.25, -0.2) is 13.6 Å². The Morgan fingerprint density at radius 2 is 1.66 bits per heavy atom. The Bertz CT molecular complexity index is 1570. The number of anilines is 1. The van der Waals surface area contributed by atoms with Crippen LogP contribution < -0.4 is 10.6 Å². The minimum atomic E-state index is -1.30. The first-order valence-electron chi connectivity index (χ1n) is 13.2. The van der Waals surface area contributed by atoms with Crippen molar-refractivity contribution in [1.29, 1.82) is 0 Å². The molecule has 3 aromatic rings. The number of nitrogens with zero attached hydrogens (tertiary/aromatic N) is 1. The molecule has 0 saturated heterocycles. The number of ketones is 1. The molecule has 0 unspecified atom stereocenters. The zero-order valence-corrected chi connectivity index (χ0v) is 23.3. The Morgan fingerprint density at radius 1 is 0.976 bits per heavy atom. The van der Waals surface area contributed by atoms with Gasteiger partial charge < -0.3 is 15.2 Å². The van der Waals surface area contributed by atoms with E-state index < -0.39 is 47.1 Å². The van der Waals surface area contributed by atoms with Crippen molar-refractivity contribution in [3.05, 3.63) is 111 Å². The quantitative estimate of drug-likeness (QED) is 0.290. The van der Waals surface area contributed by atoms with Crippen molar-refractivity contribution in [2.24, 2.45) is 11.7 Å². The third kappa shape index (κ3) is 4.93. The molecule has 1 aromatic heterocycles. The predicted molar refractivity (Wildman–Crippen MR) is 150 cm³/mol. The molecule has 10 heteroatoms. The number of esters is 2. The van der Waals surface area contributed by atoms with E-state index in [9.17, 15) is 14.4 Å². The Balaban J connectivity index is 1.84. The zero-order valence-electron chi connectivity index (χ0n) is 22.4. The summed E-state index contributed by atoms with van der Waals surface area (Å²) in [6, 6.07) is 15.2. The summed E-state index contributed by atoms with van der Waals surface area (Å²) < 4.78 is 41.5. The molecule has 1 aliphatic carbocycles. The lowest BCUT2D eigenvalue weighted by molar-refractivity contribution is -0.152. The van der Waals surface area contributed by atoms with Gasteiger partial charge in [0.05, 0.1) is 30.4 Å². The number of para-hydroxylation sites is 1. The third-order valence-corrected chi connectivity index (χ3v) is 8.30. The number of halogens is 2. The van der Waals surface area contributed by atoms with Crippen LogP contribution in [-0.4, -0.2) is 30.9 Å². The highest BCUT2D eigenvalue weighted by Crippen LogP contribution is 2.52. The van der Waals surface area contributed by atoms with Crippen LogP contribution in [0.1, 0.15) is 42.5 Å². The number of hydrogen-bond donors (Lipinski definition) is 1. The van der Waals surface area contributed by atoms with Gasteiger partial charge in [-0.2, -0.15) is 0 Å². The monoisotopic (exact) mass is 578 g/mol. The van der Waals surface area contributed by atoms with E-state index in [1.165, 1.54) is 52.6 Å². The number of ether oxygens (including phenoxy) is 2. The number of carbonyl (C=O) groups is 3. The lowest BCUT2D eigenvalue weighted by Crippen LogP contribution is -2.46. The van der Waals surface area contributed by atoms with Crippen LogP contribution >= 0.6 is 11.3 Å². The molecule has 0 fully saturated rings. The second kappa shape index (κ2) is 11.7. The molecule has 0 spiro atoms. The molecule has 1 aliphatic heterocycles. The van der Waals surface area contributed by atoms with Gasteiger partial charge in [-0.05, 0) is 49.9 Å². The number of allylic oxidation sites excluding steroid dienone is 2. The van der Waals surface area contributed by atoms with Gasteiger partial charge >= 0.3 is 11.9 Å². The first kappa shape index (κ1) is 28.2. The fourth-order valence-electron chi connectivity index (χ4n) is 5.64. The Hall–Kier alpha value is -4.31. The van der Waals surface area contributed by atoms with Crippen LogP contribution in [0.5, 0.6) is 0 Å². The number of hydrogen-bond acceptors (Lipinski definition) is 8. The molecular formula is C31H28F2N2O5S. The van der Waals surface area contributed by atoms with Crippen LogP contribution in [0.4, 0.5) is 14.5 Å². The molecule has 0 bridgehead atoms. The molecule has 2 aromatic carbocycles. The van der Waals surface area contributed by atoms with E-state index in [1.807, 2.05) is 11.4 Å². The van der Waals surface area contributed by atoms with Crippen LogP contribution in [-0.2, 0) is 23.9 Å². The van der Waals surface area contributed by atoms with Gasteiger partial charge in [0.2, 0.25) is 0 Å². The number of nitrogens with two attached hydrogens (primary N) is 1. The van der Waals surface area contributed by atoms with Crippen molar-refractivity contribution >= 4 is 34.7 Å². The maximum absolute atomic E-state index is 15.5. The first-order valence-corrected chi connectivity index (χ1v) is 14.1. The molecule has 3 atom stereocenters. The van der Waals surface area contributed by atoms with Crippen molar-refractivity contribution in [3.8, 4) is 0 Å². The van der Waals surface area contributed by atoms with Crippen molar-refractivity contribution in [2.75, 3.05) is 18.1 Å². The van der Waals surface area contributed by atoms with Gasteiger partial charge in [0, 0.05) is 27.6 Å². The van der Waals surface area contributed by atoms with Gasteiger partial charge in [-0.15, -0.1) is 11.3 Å². The summed E-state index contributed by atoms with van der Waals surface area (Å²) in [5.74, 6) is -7.01. The van der Waals surface area contributed by atoms with Crippen molar-refractivity contribution < 1.29 is 32.6 Å². The first-order chi connectivity index (χ1) is 19.8. The second-order valence-electron chi connectivity index (χ2n) is 9.54. The maximum Gasteiger partial charge on any atom is 0.338 e. The van der Waals surface area contributed by atoms with Gasteiger partial charge in [0.1, 0.15) is 23.4 Å². The summed E-state index contributed by atoms with van der Waals surface area (Å²) in [5, 5.41) is 1.83. The number of benzene rings is 2. The lowest BCUT2D eigenvalue weighted by atomic mass is 9.68. The van der Waals surface area contributed by atoms with E-state index in [4.69, 9.17) is 15.2 Å². The molecule has 2 aliphatic rings. The molecule has 0 saturated carbocycles. The molecule has 7 nitrogen and oxygen atoms in total. The second-order valence-corrected chi connectivity index (χ2v) is 10.5. The van der Waals surface area contributed by atoms with Crippen LogP contribution in [0, 0.1) is 17.6 Å². The fraction of sp³-hybridized carbons (Fsp3) is 0.258. The summed E-state index contributed by atoms with van der Waals surface area (Å²) in [4.78, 5) is 43.5. The van der Waals surface area contributed by atoms with E-state index in [-0.39, 0.29) is 53.5 Å². The molecule has 212 valence electrons. The summed E-state index contributed by atoms with van der Waals surface area (Å²) in [6.45, 7) is 3.26. The van der Waals surface area contributed by atoms with Crippen LogP contribution in [0.25, 0.3) is 0 Å². The maximum atomic E-state index is 15.5. The number of thiophene rings is 1. The smallest absolute Gasteiger partial charge is 0.338 e. The summed E-state index contributed by atoms with van der Waals surface area (Å²) in [6.07, 6.45) is 0.0706. The Morgan fingerprint density at radius 3 is 2.29 bits per heavy atom. The van der Waals surface area contributed by atoms with E-state index in [0.29, 0.717) is 0 Å². The summed E-state index contributed by atoms with van der Waals surface area (Å²) >= 11 is 1.37. The highest BCUT2D eigenvalue weighted by atomic mass is 32.1. The highest BCUT2D eigenvalue weighted by Gasteiger charge is 2.52. The zero-order chi connectivity index (χ0) is 29.3. The van der Waals surface area contributed by atoms with E-state index in [2.05, 4.69) is 0 Å². The molecule has 0 radical (unpaired) electrons. The fourth-order valence-corrected chi connectivity index (χ4v) is 6.50. The average Bonchev–Trinajstić information content (AvgIpc) is 3.49. The molecule has 41 heavy (non-hydrogen) atoms. The van der Waals surface area contributed by atoms with E-state index >= 15 is 8.78 Å².